The summed E-state index contributed by atoms with van der Waals surface area (Å²) in [5, 5.41) is 12.5. The Labute approximate surface area is 198 Å². The van der Waals surface area contributed by atoms with E-state index in [2.05, 4.69) is 5.32 Å². The minimum absolute atomic E-state index is 0.350. The molecule has 1 heterocycles. The number of para-hydroxylation sites is 1. The molecule has 4 N–H and O–H groups in total. The zero-order valence-electron chi connectivity index (χ0n) is 20.2. The van der Waals surface area contributed by atoms with Crippen molar-refractivity contribution in [3.05, 3.63) is 35.5 Å². The number of benzene rings is 1. The molecule has 0 saturated carbocycles. The first kappa shape index (κ1) is 27.4. The van der Waals surface area contributed by atoms with Crippen LogP contribution in [0, 0.1) is 12.8 Å². The monoisotopic (exact) mass is 493 g/mol. The van der Waals surface area contributed by atoms with Crippen molar-refractivity contribution < 1.29 is 33.4 Å². The SMILES string of the molecule is Cc1c(C(=O)N[C@H](C(=O)C(OP(C)(C)=O)C(=O)C(N)CC(=O)O)C(C)C)n(C)c2ccccc12. The van der Waals surface area contributed by atoms with Gasteiger partial charge in [0.2, 0.25) is 0 Å². The lowest BCUT2D eigenvalue weighted by Crippen LogP contribution is -2.54. The van der Waals surface area contributed by atoms with Gasteiger partial charge in [-0.2, -0.15) is 0 Å². The summed E-state index contributed by atoms with van der Waals surface area (Å²) in [5.74, 6) is -4.16. The average Bonchev–Trinajstić information content (AvgIpc) is 2.98. The van der Waals surface area contributed by atoms with Crippen molar-refractivity contribution in [2.24, 2.45) is 18.7 Å². The molecule has 2 aromatic rings. The van der Waals surface area contributed by atoms with Gasteiger partial charge in [-0.3, -0.25) is 23.7 Å². The van der Waals surface area contributed by atoms with Crippen LogP contribution < -0.4 is 11.1 Å². The van der Waals surface area contributed by atoms with Crippen molar-refractivity contribution in [1.29, 1.82) is 0 Å². The maximum absolute atomic E-state index is 13.4. The zero-order chi connectivity index (χ0) is 26.0. The third-order valence-corrected chi connectivity index (χ3v) is 6.19. The minimum Gasteiger partial charge on any atom is -0.481 e. The Bertz CT molecular complexity index is 1130. The number of hydrogen-bond acceptors (Lipinski definition) is 7. The Kier molecular flexibility index (Phi) is 8.58. The predicted octanol–water partition coefficient (Wildman–Crippen LogP) is 2.10. The quantitative estimate of drug-likeness (QED) is 0.317. The molecule has 34 heavy (non-hydrogen) atoms. The zero-order valence-corrected chi connectivity index (χ0v) is 21.1. The lowest BCUT2D eigenvalue weighted by molar-refractivity contribution is -0.143. The van der Waals surface area contributed by atoms with Crippen LogP contribution >= 0.6 is 7.37 Å². The third-order valence-electron chi connectivity index (χ3n) is 5.47. The number of fused-ring (bicyclic) bond motifs is 1. The molecule has 0 saturated heterocycles. The second-order valence-corrected chi connectivity index (χ2v) is 11.7. The maximum atomic E-state index is 13.4. The van der Waals surface area contributed by atoms with Crippen molar-refractivity contribution in [1.82, 2.24) is 9.88 Å². The maximum Gasteiger partial charge on any atom is 0.305 e. The number of amides is 1. The number of carboxylic acid groups (broad SMARTS) is 1. The number of hydrogen-bond donors (Lipinski definition) is 3. The number of nitrogens with two attached hydrogens (primary N) is 1. The second kappa shape index (κ2) is 10.6. The van der Waals surface area contributed by atoms with Crippen molar-refractivity contribution in [2.45, 2.75) is 45.4 Å². The summed E-state index contributed by atoms with van der Waals surface area (Å²) in [6, 6.07) is 4.75. The van der Waals surface area contributed by atoms with Gasteiger partial charge in [-0.25, -0.2) is 0 Å². The van der Waals surface area contributed by atoms with Gasteiger partial charge in [-0.15, -0.1) is 0 Å². The molecule has 0 spiro atoms. The van der Waals surface area contributed by atoms with E-state index in [-0.39, 0.29) is 0 Å². The van der Waals surface area contributed by atoms with E-state index in [1.807, 2.05) is 24.3 Å². The Balaban J connectivity index is 2.42. The van der Waals surface area contributed by atoms with Gasteiger partial charge in [0.1, 0.15) is 5.69 Å². The fraction of sp³-hybridized carbons (Fsp3) is 0.478. The molecular weight excluding hydrogens is 461 g/mol. The highest BCUT2D eigenvalue weighted by atomic mass is 31.2. The Morgan fingerprint density at radius 3 is 2.24 bits per heavy atom. The van der Waals surface area contributed by atoms with Gasteiger partial charge in [-0.05, 0) is 24.5 Å². The standard InChI is InChI=1S/C23H32N3O7P/c1-12(2)18(21(30)22(33-34(5,6)32)20(29)15(24)11-17(27)28)25-23(31)19-13(3)14-9-7-8-10-16(14)26(19)4/h7-10,12,15,18,22H,11,24H2,1-6H3,(H,25,31)(H,27,28)/t15?,18-,22?/m0/s1. The van der Waals surface area contributed by atoms with E-state index in [0.717, 1.165) is 16.5 Å². The van der Waals surface area contributed by atoms with E-state index in [1.54, 1.807) is 32.4 Å². The van der Waals surface area contributed by atoms with Crippen LogP contribution in [0.3, 0.4) is 0 Å². The van der Waals surface area contributed by atoms with Gasteiger partial charge >= 0.3 is 5.97 Å². The molecular formula is C23H32N3O7P. The average molecular weight is 493 g/mol. The highest BCUT2D eigenvalue weighted by Crippen LogP contribution is 2.40. The number of aliphatic carboxylic acids is 1. The molecule has 2 unspecified atom stereocenters. The number of aromatic nitrogens is 1. The van der Waals surface area contributed by atoms with E-state index < -0.39 is 61.3 Å². The number of rotatable bonds is 11. The van der Waals surface area contributed by atoms with Crippen LogP contribution in [0.5, 0.6) is 0 Å². The van der Waals surface area contributed by atoms with E-state index in [4.69, 9.17) is 15.4 Å². The Hall–Kier alpha value is -2.81. The molecule has 0 bridgehead atoms. The number of ketones is 2. The summed E-state index contributed by atoms with van der Waals surface area (Å²) >= 11 is 0. The molecule has 186 valence electrons. The second-order valence-electron chi connectivity index (χ2n) is 8.99. The predicted molar refractivity (Wildman–Crippen MR) is 128 cm³/mol. The summed E-state index contributed by atoms with van der Waals surface area (Å²) in [5.41, 5.74) is 7.60. The fourth-order valence-corrected chi connectivity index (χ4v) is 4.54. The minimum atomic E-state index is -3.36. The fourth-order valence-electron chi connectivity index (χ4n) is 3.83. The van der Waals surface area contributed by atoms with Crippen LogP contribution in [0.25, 0.3) is 10.9 Å². The number of aryl methyl sites for hydroxylation is 2. The normalized spacial score (nSPS) is 14.6. The molecule has 0 fully saturated rings. The van der Waals surface area contributed by atoms with Gasteiger partial charge in [0.25, 0.3) is 5.91 Å². The number of carbonyl (C=O) groups is 4. The van der Waals surface area contributed by atoms with Gasteiger partial charge < -0.3 is 25.2 Å². The molecule has 0 radical (unpaired) electrons. The number of nitrogens with zero attached hydrogens (tertiary/aromatic N) is 1. The molecule has 11 heteroatoms. The number of Topliss-reactive ketones (excluding diaryl/α,β-unsaturated/α-hetero) is 2. The van der Waals surface area contributed by atoms with Crippen LogP contribution in [-0.2, 0) is 30.5 Å². The first-order valence-corrected chi connectivity index (χ1v) is 13.3. The summed E-state index contributed by atoms with van der Waals surface area (Å²) in [7, 11) is -1.63. The van der Waals surface area contributed by atoms with E-state index in [1.165, 1.54) is 13.3 Å². The van der Waals surface area contributed by atoms with Crippen LogP contribution in [0.2, 0.25) is 0 Å². The topological polar surface area (TPSA) is 158 Å². The molecule has 1 aromatic heterocycles. The Morgan fingerprint density at radius 2 is 1.74 bits per heavy atom. The molecule has 0 aliphatic rings. The first-order chi connectivity index (χ1) is 15.7. The van der Waals surface area contributed by atoms with Crippen molar-refractivity contribution >= 4 is 41.7 Å². The first-order valence-electron chi connectivity index (χ1n) is 10.8. The van der Waals surface area contributed by atoms with Crippen LogP contribution in [0.1, 0.15) is 36.3 Å². The molecule has 1 aromatic carbocycles. The van der Waals surface area contributed by atoms with E-state index in [9.17, 15) is 23.7 Å². The van der Waals surface area contributed by atoms with Crippen molar-refractivity contribution in [3.63, 3.8) is 0 Å². The van der Waals surface area contributed by atoms with Crippen LogP contribution in [0.4, 0.5) is 0 Å². The molecule has 3 atom stereocenters. The lowest BCUT2D eigenvalue weighted by Gasteiger charge is -2.27. The summed E-state index contributed by atoms with van der Waals surface area (Å²) in [4.78, 5) is 50.5. The molecule has 0 aliphatic carbocycles. The third kappa shape index (κ3) is 6.20. The largest absolute Gasteiger partial charge is 0.481 e. The van der Waals surface area contributed by atoms with Crippen LogP contribution in [-0.4, -0.2) is 64.6 Å². The molecule has 1 amide bonds. The Morgan fingerprint density at radius 1 is 1.15 bits per heavy atom. The van der Waals surface area contributed by atoms with Crippen LogP contribution in [0.15, 0.2) is 24.3 Å². The number of nitrogens with one attached hydrogen (secondary N) is 1. The van der Waals surface area contributed by atoms with Gasteiger partial charge in [0, 0.05) is 31.3 Å². The summed E-state index contributed by atoms with van der Waals surface area (Å²) < 4.78 is 19.4. The summed E-state index contributed by atoms with van der Waals surface area (Å²) in [6.07, 6.45) is -2.60. The molecule has 10 nitrogen and oxygen atoms in total. The van der Waals surface area contributed by atoms with Gasteiger partial charge in [0.05, 0.1) is 18.5 Å². The highest BCUT2D eigenvalue weighted by molar-refractivity contribution is 7.57. The lowest BCUT2D eigenvalue weighted by atomic mass is 9.92. The van der Waals surface area contributed by atoms with E-state index >= 15 is 0 Å². The number of carbonyl (C=O) groups excluding carboxylic acids is 3. The van der Waals surface area contributed by atoms with Crippen molar-refractivity contribution in [2.75, 3.05) is 13.3 Å². The smallest absolute Gasteiger partial charge is 0.305 e. The highest BCUT2D eigenvalue weighted by Gasteiger charge is 2.40. The molecule has 0 aliphatic heterocycles. The van der Waals surface area contributed by atoms with Crippen molar-refractivity contribution in [3.8, 4) is 0 Å². The number of carboxylic acids is 1. The summed E-state index contributed by atoms with van der Waals surface area (Å²) in [6.45, 7) is 7.60. The van der Waals surface area contributed by atoms with E-state index in [0.29, 0.717) is 5.69 Å². The van der Waals surface area contributed by atoms with Gasteiger partial charge in [-0.1, -0.05) is 32.0 Å². The molecule has 2 rings (SSSR count). The van der Waals surface area contributed by atoms with Gasteiger partial charge in [0.15, 0.2) is 25.0 Å².